The normalized spacial score (nSPS) is 10.2. The van der Waals surface area contributed by atoms with E-state index in [0.29, 0.717) is 12.2 Å². The fourth-order valence-corrected chi connectivity index (χ4v) is 3.04. The summed E-state index contributed by atoms with van der Waals surface area (Å²) in [4.78, 5) is 23.6. The molecule has 2 rings (SSSR count). The van der Waals surface area contributed by atoms with Gasteiger partial charge in [-0.15, -0.1) is 11.3 Å². The van der Waals surface area contributed by atoms with Crippen molar-refractivity contribution in [2.24, 2.45) is 11.5 Å². The third kappa shape index (κ3) is 3.58. The number of anilines is 1. The Labute approximate surface area is 128 Å². The number of carbonyl (C=O) groups excluding carboxylic acids is 2. The van der Waals surface area contributed by atoms with Crippen molar-refractivity contribution < 1.29 is 9.59 Å². The summed E-state index contributed by atoms with van der Waals surface area (Å²) >= 11 is 4.98. The zero-order valence-corrected chi connectivity index (χ0v) is 12.8. The highest BCUT2D eigenvalue weighted by Crippen LogP contribution is 2.21. The van der Waals surface area contributed by atoms with Crippen molar-refractivity contribution in [2.75, 3.05) is 5.32 Å². The molecule has 20 heavy (non-hydrogen) atoms. The quantitative estimate of drug-likeness (QED) is 0.769. The average Bonchev–Trinajstić information content (AvgIpc) is 2.81. The van der Waals surface area contributed by atoms with Crippen LogP contribution in [0.2, 0.25) is 0 Å². The van der Waals surface area contributed by atoms with E-state index < -0.39 is 11.8 Å². The van der Waals surface area contributed by atoms with Crippen molar-refractivity contribution in [1.29, 1.82) is 0 Å². The van der Waals surface area contributed by atoms with Crippen LogP contribution < -0.4 is 16.8 Å². The van der Waals surface area contributed by atoms with E-state index in [1.165, 1.54) is 6.07 Å². The van der Waals surface area contributed by atoms with Gasteiger partial charge < -0.3 is 16.8 Å². The maximum atomic E-state index is 11.2. The number of hydrogen-bond acceptors (Lipinski definition) is 4. The number of benzene rings is 1. The summed E-state index contributed by atoms with van der Waals surface area (Å²) in [6.45, 7) is 0.580. The summed E-state index contributed by atoms with van der Waals surface area (Å²) in [6.07, 6.45) is 0. The predicted molar refractivity (Wildman–Crippen MR) is 82.8 cm³/mol. The first kappa shape index (κ1) is 14.5. The molecule has 0 fully saturated rings. The Morgan fingerprint density at radius 2 is 1.70 bits per heavy atom. The van der Waals surface area contributed by atoms with Crippen molar-refractivity contribution in [1.82, 2.24) is 0 Å². The van der Waals surface area contributed by atoms with Crippen LogP contribution in [-0.2, 0) is 6.54 Å². The van der Waals surface area contributed by atoms with E-state index in [2.05, 4.69) is 21.2 Å². The van der Waals surface area contributed by atoms with Gasteiger partial charge in [0.2, 0.25) is 11.8 Å². The Morgan fingerprint density at radius 1 is 1.10 bits per heavy atom. The molecule has 5 N–H and O–H groups in total. The predicted octanol–water partition coefficient (Wildman–Crippen LogP) is 2.32. The molecular formula is C13H12BrN3O2S. The number of halogens is 1. The summed E-state index contributed by atoms with van der Waals surface area (Å²) in [6, 6.07) is 6.57. The second kappa shape index (κ2) is 6.06. The van der Waals surface area contributed by atoms with E-state index in [1.54, 1.807) is 23.5 Å². The van der Waals surface area contributed by atoms with Crippen LogP contribution in [0.1, 0.15) is 25.6 Å². The van der Waals surface area contributed by atoms with Crippen molar-refractivity contribution in [2.45, 2.75) is 6.54 Å². The highest BCUT2D eigenvalue weighted by atomic mass is 79.9. The summed E-state index contributed by atoms with van der Waals surface area (Å²) in [5.41, 5.74) is 11.6. The molecule has 0 saturated carbocycles. The number of primary amides is 2. The van der Waals surface area contributed by atoms with E-state index >= 15 is 0 Å². The molecule has 0 spiro atoms. The molecule has 0 bridgehead atoms. The lowest BCUT2D eigenvalue weighted by Gasteiger charge is -2.08. The van der Waals surface area contributed by atoms with Crippen LogP contribution in [0.15, 0.2) is 34.1 Å². The van der Waals surface area contributed by atoms with E-state index in [4.69, 9.17) is 11.5 Å². The maximum Gasteiger partial charge on any atom is 0.248 e. The summed E-state index contributed by atoms with van der Waals surface area (Å²) in [5.74, 6) is -1.20. The van der Waals surface area contributed by atoms with Gasteiger partial charge in [0.05, 0.1) is 0 Å². The van der Waals surface area contributed by atoms with Gasteiger partial charge in [-0.2, -0.15) is 0 Å². The highest BCUT2D eigenvalue weighted by molar-refractivity contribution is 9.10. The first-order chi connectivity index (χ1) is 9.45. The van der Waals surface area contributed by atoms with Crippen LogP contribution in [0.3, 0.4) is 0 Å². The molecular weight excluding hydrogens is 342 g/mol. The molecule has 0 saturated heterocycles. The molecule has 0 atom stereocenters. The second-order valence-electron chi connectivity index (χ2n) is 4.11. The minimum atomic E-state index is -0.602. The summed E-state index contributed by atoms with van der Waals surface area (Å²) in [7, 11) is 0. The molecule has 104 valence electrons. The molecule has 0 aliphatic rings. The minimum Gasteiger partial charge on any atom is -0.380 e. The molecule has 1 aromatic carbocycles. The van der Waals surface area contributed by atoms with E-state index in [1.807, 2.05) is 11.4 Å². The van der Waals surface area contributed by atoms with Crippen LogP contribution in [0.4, 0.5) is 5.69 Å². The number of nitrogens with two attached hydrogens (primary N) is 2. The molecule has 2 amide bonds. The van der Waals surface area contributed by atoms with Gasteiger partial charge in [-0.05, 0) is 40.2 Å². The van der Waals surface area contributed by atoms with Gasteiger partial charge in [0.15, 0.2) is 0 Å². The summed E-state index contributed by atoms with van der Waals surface area (Å²) < 4.78 is 1.02. The van der Waals surface area contributed by atoms with Gasteiger partial charge >= 0.3 is 0 Å². The number of carbonyl (C=O) groups is 2. The lowest BCUT2D eigenvalue weighted by molar-refractivity contribution is 0.0999. The first-order valence-electron chi connectivity index (χ1n) is 5.67. The van der Waals surface area contributed by atoms with E-state index in [9.17, 15) is 9.59 Å². The van der Waals surface area contributed by atoms with Crippen molar-refractivity contribution >= 4 is 44.8 Å². The van der Waals surface area contributed by atoms with Gasteiger partial charge in [-0.25, -0.2) is 0 Å². The standard InChI is InChI=1S/C13H12BrN3O2S/c14-9-4-11(20-6-9)5-17-10-2-7(12(15)18)1-8(3-10)13(16)19/h1-4,6,17H,5H2,(H2,15,18)(H2,16,19). The molecule has 0 radical (unpaired) electrons. The fraction of sp³-hybridized carbons (Fsp3) is 0.0769. The first-order valence-corrected chi connectivity index (χ1v) is 7.34. The molecule has 7 heteroatoms. The lowest BCUT2D eigenvalue weighted by atomic mass is 10.1. The average molecular weight is 354 g/mol. The van der Waals surface area contributed by atoms with Crippen molar-refractivity contribution in [3.05, 3.63) is 50.1 Å². The Bertz CT molecular complexity index is 637. The molecule has 0 aliphatic heterocycles. The van der Waals surface area contributed by atoms with Gasteiger partial charge in [-0.3, -0.25) is 9.59 Å². The number of hydrogen-bond donors (Lipinski definition) is 3. The van der Waals surface area contributed by atoms with Gasteiger partial charge in [0.1, 0.15) is 0 Å². The van der Waals surface area contributed by atoms with E-state index in [-0.39, 0.29) is 11.1 Å². The fourth-order valence-electron chi connectivity index (χ4n) is 1.65. The minimum absolute atomic E-state index is 0.246. The van der Waals surface area contributed by atoms with Crippen molar-refractivity contribution in [3.63, 3.8) is 0 Å². The molecule has 5 nitrogen and oxygen atoms in total. The Balaban J connectivity index is 2.21. The molecule has 1 aromatic heterocycles. The Kier molecular flexibility index (Phi) is 4.41. The molecule has 0 aliphatic carbocycles. The smallest absolute Gasteiger partial charge is 0.248 e. The second-order valence-corrected chi connectivity index (χ2v) is 6.02. The third-order valence-corrected chi connectivity index (χ3v) is 4.29. The Hall–Kier alpha value is -1.86. The highest BCUT2D eigenvalue weighted by Gasteiger charge is 2.09. The van der Waals surface area contributed by atoms with Gasteiger partial charge in [0, 0.05) is 38.1 Å². The summed E-state index contributed by atoms with van der Waals surface area (Å²) in [5, 5.41) is 5.12. The van der Waals surface area contributed by atoms with Crippen LogP contribution >= 0.6 is 27.3 Å². The SMILES string of the molecule is NC(=O)c1cc(NCc2cc(Br)cs2)cc(C(N)=O)c1. The largest absolute Gasteiger partial charge is 0.380 e. The zero-order valence-electron chi connectivity index (χ0n) is 10.4. The van der Waals surface area contributed by atoms with E-state index in [0.717, 1.165) is 9.35 Å². The van der Waals surface area contributed by atoms with Gasteiger partial charge in [0.25, 0.3) is 0 Å². The van der Waals surface area contributed by atoms with Crippen LogP contribution in [0.25, 0.3) is 0 Å². The number of rotatable bonds is 5. The lowest BCUT2D eigenvalue weighted by Crippen LogP contribution is -2.16. The number of nitrogens with one attached hydrogen (secondary N) is 1. The van der Waals surface area contributed by atoms with Crippen LogP contribution in [0.5, 0.6) is 0 Å². The molecule has 0 unspecified atom stereocenters. The monoisotopic (exact) mass is 353 g/mol. The molecule has 2 aromatic rings. The Morgan fingerprint density at radius 3 is 2.15 bits per heavy atom. The molecule has 1 heterocycles. The van der Waals surface area contributed by atoms with Crippen LogP contribution in [-0.4, -0.2) is 11.8 Å². The maximum absolute atomic E-state index is 11.2. The van der Waals surface area contributed by atoms with Gasteiger partial charge in [-0.1, -0.05) is 0 Å². The number of amides is 2. The van der Waals surface area contributed by atoms with Crippen molar-refractivity contribution in [3.8, 4) is 0 Å². The topological polar surface area (TPSA) is 98.2 Å². The van der Waals surface area contributed by atoms with Crippen LogP contribution in [0, 0.1) is 0 Å². The zero-order chi connectivity index (χ0) is 14.7. The number of thiophene rings is 1. The third-order valence-electron chi connectivity index (χ3n) is 2.59.